The van der Waals surface area contributed by atoms with E-state index in [1.54, 1.807) is 63.5 Å². The highest BCUT2D eigenvalue weighted by molar-refractivity contribution is 5.95. The topological polar surface area (TPSA) is 129 Å². The Bertz CT molecular complexity index is 1430. The minimum absolute atomic E-state index is 0.0102. The lowest BCUT2D eigenvalue weighted by molar-refractivity contribution is -0.156. The van der Waals surface area contributed by atoms with Gasteiger partial charge in [0.05, 0.1) is 18.2 Å². The van der Waals surface area contributed by atoms with E-state index in [2.05, 4.69) is 30.8 Å². The smallest absolute Gasteiger partial charge is 0.412 e. The molecule has 0 saturated carbocycles. The fraction of sp³-hybridized carbons (Fsp3) is 0.240. The number of hydrogen-bond donors (Lipinski definition) is 3. The Kier molecular flexibility index (Phi) is 7.57. The molecular weight excluding hydrogens is 503 g/mol. The number of aromatic nitrogens is 4. The molecule has 0 aliphatic rings. The number of amides is 1. The first kappa shape index (κ1) is 26.5. The van der Waals surface area contributed by atoms with Crippen LogP contribution in [0.15, 0.2) is 59.1 Å². The van der Waals surface area contributed by atoms with Gasteiger partial charge in [0.25, 0.3) is 11.8 Å². The summed E-state index contributed by atoms with van der Waals surface area (Å²) in [5.74, 6) is -1.94. The number of carbonyl (C=O) groups is 1. The first-order valence-electron chi connectivity index (χ1n) is 11.4. The van der Waals surface area contributed by atoms with Gasteiger partial charge in [-0.15, -0.1) is 10.2 Å². The van der Waals surface area contributed by atoms with Crippen molar-refractivity contribution < 1.29 is 27.5 Å². The zero-order valence-electron chi connectivity index (χ0n) is 20.6. The molecule has 0 fully saturated rings. The van der Waals surface area contributed by atoms with Gasteiger partial charge in [-0.2, -0.15) is 18.2 Å². The van der Waals surface area contributed by atoms with E-state index in [9.17, 15) is 23.1 Å². The Labute approximate surface area is 215 Å². The van der Waals surface area contributed by atoms with Crippen molar-refractivity contribution in [2.75, 3.05) is 31.3 Å². The average Bonchev–Trinajstić information content (AvgIpc) is 3.38. The Morgan fingerprint density at radius 1 is 1.13 bits per heavy atom. The van der Waals surface area contributed by atoms with Crippen LogP contribution in [0.5, 0.6) is 0 Å². The minimum Gasteiger partial charge on any atom is -0.412 e. The predicted octanol–water partition coefficient (Wildman–Crippen LogP) is 4.44. The van der Waals surface area contributed by atoms with E-state index in [1.165, 1.54) is 11.1 Å². The summed E-state index contributed by atoms with van der Waals surface area (Å²) in [5.41, 5.74) is 2.56. The Morgan fingerprint density at radius 2 is 1.87 bits per heavy atom. The molecule has 1 atom stereocenters. The maximum atomic E-state index is 13.1. The summed E-state index contributed by atoms with van der Waals surface area (Å²) in [6.45, 7) is 1.45. The number of anilines is 3. The largest absolute Gasteiger partial charge is 0.470 e. The van der Waals surface area contributed by atoms with Crippen LogP contribution < -0.4 is 10.6 Å². The molecule has 0 unspecified atom stereocenters. The number of nitrogens with zero attached hydrogens (tertiary/aromatic N) is 5. The highest BCUT2D eigenvalue weighted by Gasteiger charge is 2.38. The van der Waals surface area contributed by atoms with Crippen LogP contribution in [0.25, 0.3) is 11.5 Å². The number of carbonyl (C=O) groups excluding carboxylic acids is 1. The van der Waals surface area contributed by atoms with Crippen LogP contribution in [0.1, 0.15) is 33.4 Å². The van der Waals surface area contributed by atoms with Gasteiger partial charge in [-0.25, -0.2) is 4.98 Å². The molecule has 4 rings (SSSR count). The monoisotopic (exact) mass is 527 g/mol. The zero-order valence-corrected chi connectivity index (χ0v) is 20.6. The minimum atomic E-state index is -4.82. The molecule has 198 valence electrons. The first-order chi connectivity index (χ1) is 18.1. The fourth-order valence-corrected chi connectivity index (χ4v) is 3.59. The summed E-state index contributed by atoms with van der Waals surface area (Å²) in [4.78, 5) is 22.4. The van der Waals surface area contributed by atoms with Crippen LogP contribution >= 0.6 is 0 Å². The normalized spacial score (nSPS) is 12.2. The van der Waals surface area contributed by atoms with E-state index in [4.69, 9.17) is 4.42 Å². The van der Waals surface area contributed by atoms with Crippen molar-refractivity contribution in [3.63, 3.8) is 0 Å². The van der Waals surface area contributed by atoms with Crippen molar-refractivity contribution in [3.05, 3.63) is 77.3 Å². The summed E-state index contributed by atoms with van der Waals surface area (Å²) in [7, 11) is 3.32. The SMILES string of the molecule is Cc1cc(Nc2ncc(-c3nnc(C(F)(F)F)o3)c(N[C@H](CO)c3ccccc3)n2)ccc1C(=O)N(C)C. The molecule has 0 saturated heterocycles. The molecule has 4 aromatic rings. The lowest BCUT2D eigenvalue weighted by atomic mass is 10.1. The van der Waals surface area contributed by atoms with Crippen molar-refractivity contribution in [1.82, 2.24) is 25.1 Å². The molecule has 2 aromatic heterocycles. The predicted molar refractivity (Wildman–Crippen MR) is 133 cm³/mol. The summed E-state index contributed by atoms with van der Waals surface area (Å²) >= 11 is 0. The molecule has 1 amide bonds. The number of aryl methyl sites for hydroxylation is 1. The van der Waals surface area contributed by atoms with Crippen molar-refractivity contribution in [3.8, 4) is 11.5 Å². The van der Waals surface area contributed by atoms with Crippen LogP contribution in [0.2, 0.25) is 0 Å². The van der Waals surface area contributed by atoms with Crippen molar-refractivity contribution >= 4 is 23.4 Å². The molecule has 2 heterocycles. The first-order valence-corrected chi connectivity index (χ1v) is 11.4. The van der Waals surface area contributed by atoms with Crippen LogP contribution in [0, 0.1) is 6.92 Å². The lowest BCUT2D eigenvalue weighted by Gasteiger charge is -2.19. The Morgan fingerprint density at radius 3 is 2.47 bits per heavy atom. The van der Waals surface area contributed by atoms with Gasteiger partial charge in [-0.3, -0.25) is 4.79 Å². The van der Waals surface area contributed by atoms with Gasteiger partial charge in [0.15, 0.2) is 0 Å². The van der Waals surface area contributed by atoms with E-state index in [-0.39, 0.29) is 29.8 Å². The molecule has 2 aromatic carbocycles. The number of aliphatic hydroxyl groups excluding tert-OH is 1. The second-order valence-electron chi connectivity index (χ2n) is 8.51. The van der Waals surface area contributed by atoms with Crippen molar-refractivity contribution in [2.24, 2.45) is 0 Å². The van der Waals surface area contributed by atoms with Gasteiger partial charge in [0.2, 0.25) is 5.95 Å². The standard InChI is InChI=1S/C25H24F3N7O3/c1-14-11-16(9-10-17(14)22(37)35(2)3)30-24-29-12-18(21-33-34-23(38-21)25(26,27)28)20(32-24)31-19(13-36)15-7-5-4-6-8-15/h4-12,19,36H,13H2,1-3H3,(H2,29,30,31,32)/t19-/m1/s1. The van der Waals surface area contributed by atoms with Crippen LogP contribution in [0.4, 0.5) is 30.6 Å². The molecule has 0 spiro atoms. The van der Waals surface area contributed by atoms with Crippen LogP contribution in [0.3, 0.4) is 0 Å². The van der Waals surface area contributed by atoms with Gasteiger partial charge in [-0.05, 0) is 36.2 Å². The molecule has 0 bridgehead atoms. The fourth-order valence-electron chi connectivity index (χ4n) is 3.59. The average molecular weight is 528 g/mol. The van der Waals surface area contributed by atoms with Gasteiger partial charge in [-0.1, -0.05) is 30.3 Å². The third-order valence-electron chi connectivity index (χ3n) is 5.50. The number of rotatable bonds is 8. The number of alkyl halides is 3. The highest BCUT2D eigenvalue weighted by Crippen LogP contribution is 2.34. The van der Waals surface area contributed by atoms with Crippen molar-refractivity contribution in [1.29, 1.82) is 0 Å². The summed E-state index contributed by atoms with van der Waals surface area (Å²) < 4.78 is 44.0. The van der Waals surface area contributed by atoms with Gasteiger partial charge in [0, 0.05) is 31.5 Å². The third kappa shape index (κ3) is 5.89. The number of benzene rings is 2. The number of aliphatic hydroxyl groups is 1. The van der Waals surface area contributed by atoms with Gasteiger partial charge in [0.1, 0.15) is 5.82 Å². The Balaban J connectivity index is 1.70. The van der Waals surface area contributed by atoms with E-state index in [0.717, 1.165) is 5.56 Å². The lowest BCUT2D eigenvalue weighted by Crippen LogP contribution is -2.22. The van der Waals surface area contributed by atoms with E-state index >= 15 is 0 Å². The maximum Gasteiger partial charge on any atom is 0.470 e. The number of halogens is 3. The van der Waals surface area contributed by atoms with E-state index in [0.29, 0.717) is 16.8 Å². The molecule has 13 heteroatoms. The zero-order chi connectivity index (χ0) is 27.4. The third-order valence-corrected chi connectivity index (χ3v) is 5.50. The molecule has 0 radical (unpaired) electrons. The molecule has 38 heavy (non-hydrogen) atoms. The molecule has 0 aliphatic carbocycles. The second-order valence-corrected chi connectivity index (χ2v) is 8.51. The Hall–Kier alpha value is -4.52. The number of nitrogens with one attached hydrogen (secondary N) is 2. The second kappa shape index (κ2) is 10.8. The van der Waals surface area contributed by atoms with Gasteiger partial charge < -0.3 is 25.1 Å². The molecule has 10 nitrogen and oxygen atoms in total. The number of hydrogen-bond acceptors (Lipinski definition) is 9. The maximum absolute atomic E-state index is 13.1. The van der Waals surface area contributed by atoms with E-state index < -0.39 is 24.0 Å². The molecular formula is C25H24F3N7O3. The van der Waals surface area contributed by atoms with Gasteiger partial charge >= 0.3 is 12.1 Å². The summed E-state index contributed by atoms with van der Waals surface area (Å²) in [6, 6.07) is 13.4. The summed E-state index contributed by atoms with van der Waals surface area (Å²) in [5, 5.41) is 22.6. The highest BCUT2D eigenvalue weighted by atomic mass is 19.4. The summed E-state index contributed by atoms with van der Waals surface area (Å²) in [6.07, 6.45) is -3.58. The van der Waals surface area contributed by atoms with Crippen LogP contribution in [-0.4, -0.2) is 56.8 Å². The van der Waals surface area contributed by atoms with Crippen LogP contribution in [-0.2, 0) is 6.18 Å². The quantitative estimate of drug-likeness (QED) is 0.304. The van der Waals surface area contributed by atoms with Crippen molar-refractivity contribution in [2.45, 2.75) is 19.1 Å². The van der Waals surface area contributed by atoms with E-state index in [1.807, 2.05) is 6.07 Å². The molecule has 0 aliphatic heterocycles. The molecule has 3 N–H and O–H groups in total.